The third-order valence-corrected chi connectivity index (χ3v) is 6.42. The standard InChI is InChI=1S/C23H30F4N6O4/c1-2-32(10-14-3-5-15(6-4-14)23(25,26)27)21-18(24)20(30-13-31-21)29-9-16-7-8-33(12-22(16,36)37)17(11-34)19(28)35/h3-6,13,16-17,34,36-37H,2,7-12H2,1H3,(H2,28,35)(H,29,30,31)/t16-,17+/m0/s1. The number of nitrogens with two attached hydrogens (primary N) is 1. The fourth-order valence-electron chi connectivity index (χ4n) is 4.26. The van der Waals surface area contributed by atoms with Gasteiger partial charge in [-0.2, -0.15) is 17.6 Å². The topological polar surface area (TPSA) is 148 Å². The molecular weight excluding hydrogens is 500 g/mol. The lowest BCUT2D eigenvalue weighted by molar-refractivity contribution is -0.229. The fourth-order valence-corrected chi connectivity index (χ4v) is 4.26. The second kappa shape index (κ2) is 11.5. The van der Waals surface area contributed by atoms with Crippen molar-refractivity contribution in [3.63, 3.8) is 0 Å². The minimum atomic E-state index is -4.46. The zero-order chi connectivity index (χ0) is 27.4. The van der Waals surface area contributed by atoms with Crippen molar-refractivity contribution < 1.29 is 37.7 Å². The molecule has 204 valence electrons. The lowest BCUT2D eigenvalue weighted by Gasteiger charge is -2.43. The summed E-state index contributed by atoms with van der Waals surface area (Å²) in [4.78, 5) is 22.3. The molecule has 2 aromatic rings. The molecule has 0 radical (unpaired) electrons. The van der Waals surface area contributed by atoms with Crippen molar-refractivity contribution in [2.45, 2.75) is 37.9 Å². The molecule has 0 unspecified atom stereocenters. The van der Waals surface area contributed by atoms with Crippen LogP contribution in [-0.4, -0.2) is 80.7 Å². The van der Waals surface area contributed by atoms with Crippen LogP contribution in [0.25, 0.3) is 0 Å². The van der Waals surface area contributed by atoms with Gasteiger partial charge in [-0.3, -0.25) is 9.69 Å². The molecule has 3 rings (SSSR count). The van der Waals surface area contributed by atoms with Crippen LogP contribution in [0.5, 0.6) is 0 Å². The van der Waals surface area contributed by atoms with Gasteiger partial charge in [-0.1, -0.05) is 12.1 Å². The quantitative estimate of drug-likeness (QED) is 0.223. The van der Waals surface area contributed by atoms with Crippen molar-refractivity contribution in [2.75, 3.05) is 43.0 Å². The van der Waals surface area contributed by atoms with Crippen molar-refractivity contribution >= 4 is 17.5 Å². The average Bonchev–Trinajstić information content (AvgIpc) is 2.82. The molecular formula is C23H30F4N6O4. The number of halogens is 4. The number of primary amides is 1. The zero-order valence-corrected chi connectivity index (χ0v) is 20.1. The number of hydrogen-bond acceptors (Lipinski definition) is 9. The number of aromatic nitrogens is 2. The molecule has 14 heteroatoms. The van der Waals surface area contributed by atoms with Gasteiger partial charge in [0.25, 0.3) is 0 Å². The van der Waals surface area contributed by atoms with Gasteiger partial charge >= 0.3 is 6.18 Å². The highest BCUT2D eigenvalue weighted by Crippen LogP contribution is 2.31. The van der Waals surface area contributed by atoms with E-state index >= 15 is 4.39 Å². The first-order chi connectivity index (χ1) is 17.4. The van der Waals surface area contributed by atoms with Gasteiger partial charge in [0.15, 0.2) is 17.4 Å². The molecule has 1 aromatic heterocycles. The first kappa shape index (κ1) is 28.5. The van der Waals surface area contributed by atoms with E-state index in [0.29, 0.717) is 12.1 Å². The summed E-state index contributed by atoms with van der Waals surface area (Å²) in [6.07, 6.45) is -3.12. The van der Waals surface area contributed by atoms with Crippen LogP contribution >= 0.6 is 0 Å². The molecule has 1 saturated heterocycles. The first-order valence-electron chi connectivity index (χ1n) is 11.6. The highest BCUT2D eigenvalue weighted by molar-refractivity contribution is 5.80. The number of anilines is 2. The normalized spacial score (nSPS) is 18.9. The number of rotatable bonds is 10. The Morgan fingerprint density at radius 2 is 1.97 bits per heavy atom. The molecule has 37 heavy (non-hydrogen) atoms. The zero-order valence-electron chi connectivity index (χ0n) is 20.1. The van der Waals surface area contributed by atoms with Crippen molar-refractivity contribution in [3.05, 3.63) is 47.5 Å². The second-order valence-electron chi connectivity index (χ2n) is 8.88. The minimum absolute atomic E-state index is 0.0683. The first-order valence-corrected chi connectivity index (χ1v) is 11.6. The maximum atomic E-state index is 15.3. The van der Waals surface area contributed by atoms with Gasteiger partial charge in [-0.05, 0) is 37.6 Å². The third kappa shape index (κ3) is 6.83. The number of carbonyl (C=O) groups excluding carboxylic acids is 1. The van der Waals surface area contributed by atoms with E-state index in [1.165, 1.54) is 21.9 Å². The van der Waals surface area contributed by atoms with E-state index < -0.39 is 47.8 Å². The van der Waals surface area contributed by atoms with E-state index in [4.69, 9.17) is 5.73 Å². The van der Waals surface area contributed by atoms with Crippen LogP contribution in [0.2, 0.25) is 0 Å². The Hall–Kier alpha value is -3.07. The van der Waals surface area contributed by atoms with Crippen LogP contribution in [0.1, 0.15) is 24.5 Å². The number of nitrogens with one attached hydrogen (secondary N) is 1. The maximum absolute atomic E-state index is 15.3. The fraction of sp³-hybridized carbons (Fsp3) is 0.522. The Morgan fingerprint density at radius 1 is 1.30 bits per heavy atom. The Balaban J connectivity index is 1.68. The summed E-state index contributed by atoms with van der Waals surface area (Å²) in [5.74, 6) is -4.85. The minimum Gasteiger partial charge on any atom is -0.394 e. The number of carbonyl (C=O) groups is 1. The maximum Gasteiger partial charge on any atom is 0.416 e. The number of nitrogens with zero attached hydrogens (tertiary/aromatic N) is 4. The Kier molecular flexibility index (Phi) is 8.89. The van der Waals surface area contributed by atoms with Gasteiger partial charge in [0.05, 0.1) is 18.7 Å². The van der Waals surface area contributed by atoms with E-state index in [-0.39, 0.29) is 44.2 Å². The molecule has 1 aliphatic rings. The van der Waals surface area contributed by atoms with Crippen LogP contribution in [0.4, 0.5) is 29.2 Å². The summed E-state index contributed by atoms with van der Waals surface area (Å²) in [6, 6.07) is 3.49. The van der Waals surface area contributed by atoms with Crippen LogP contribution in [0.15, 0.2) is 30.6 Å². The molecule has 1 aromatic carbocycles. The van der Waals surface area contributed by atoms with Crippen LogP contribution < -0.4 is 16.0 Å². The number of hydrogen-bond donors (Lipinski definition) is 5. The van der Waals surface area contributed by atoms with Gasteiger partial charge < -0.3 is 31.3 Å². The number of benzene rings is 1. The summed E-state index contributed by atoms with van der Waals surface area (Å²) >= 11 is 0. The summed E-state index contributed by atoms with van der Waals surface area (Å²) in [6.45, 7) is 1.41. The molecule has 2 heterocycles. The van der Waals surface area contributed by atoms with Crippen LogP contribution in [0.3, 0.4) is 0 Å². The van der Waals surface area contributed by atoms with E-state index in [1.807, 2.05) is 0 Å². The molecule has 0 saturated carbocycles. The second-order valence-corrected chi connectivity index (χ2v) is 8.88. The van der Waals surface area contributed by atoms with Crippen molar-refractivity contribution in [3.8, 4) is 0 Å². The van der Waals surface area contributed by atoms with Gasteiger partial charge in [-0.25, -0.2) is 9.97 Å². The molecule has 6 N–H and O–H groups in total. The predicted molar refractivity (Wildman–Crippen MR) is 126 cm³/mol. The Labute approximate surface area is 210 Å². The number of amides is 1. The number of alkyl halides is 3. The summed E-state index contributed by atoms with van der Waals surface area (Å²) in [7, 11) is 0. The monoisotopic (exact) mass is 530 g/mol. The molecule has 2 atom stereocenters. The van der Waals surface area contributed by atoms with Gasteiger partial charge in [0.2, 0.25) is 11.7 Å². The van der Waals surface area contributed by atoms with E-state index in [1.54, 1.807) is 6.92 Å². The number of aliphatic hydroxyl groups excluding tert-OH is 1. The smallest absolute Gasteiger partial charge is 0.394 e. The molecule has 0 bridgehead atoms. The van der Waals surface area contributed by atoms with E-state index in [9.17, 15) is 33.3 Å². The van der Waals surface area contributed by atoms with Gasteiger partial charge in [-0.15, -0.1) is 0 Å². The van der Waals surface area contributed by atoms with Gasteiger partial charge in [0, 0.05) is 25.6 Å². The van der Waals surface area contributed by atoms with E-state index in [2.05, 4.69) is 15.3 Å². The largest absolute Gasteiger partial charge is 0.416 e. The highest BCUT2D eigenvalue weighted by Gasteiger charge is 2.43. The van der Waals surface area contributed by atoms with Gasteiger partial charge in [0.1, 0.15) is 12.4 Å². The number of β-amino-alcohol motifs (C(OH)–C–C–N with tert-alkyl or cyclic N) is 2. The predicted octanol–water partition coefficient (Wildman–Crippen LogP) is 0.922. The highest BCUT2D eigenvalue weighted by atomic mass is 19.4. The van der Waals surface area contributed by atoms with Crippen molar-refractivity contribution in [1.82, 2.24) is 14.9 Å². The molecule has 10 nitrogen and oxygen atoms in total. The van der Waals surface area contributed by atoms with Crippen LogP contribution in [0, 0.1) is 11.7 Å². The lowest BCUT2D eigenvalue weighted by Crippen LogP contribution is -2.61. The molecule has 0 spiro atoms. The SMILES string of the molecule is CCN(Cc1ccc(C(F)(F)F)cc1)c1ncnc(NC[C@@H]2CCN([C@H](CO)C(N)=O)CC2(O)O)c1F. The molecule has 1 fully saturated rings. The van der Waals surface area contributed by atoms with Crippen molar-refractivity contribution in [1.29, 1.82) is 0 Å². The Morgan fingerprint density at radius 3 is 2.51 bits per heavy atom. The summed E-state index contributed by atoms with van der Waals surface area (Å²) in [5.41, 5.74) is 5.00. The average molecular weight is 531 g/mol. The number of aliphatic hydroxyl groups is 3. The molecule has 1 aliphatic heterocycles. The summed E-state index contributed by atoms with van der Waals surface area (Å²) < 4.78 is 53.8. The third-order valence-electron chi connectivity index (χ3n) is 6.42. The molecule has 0 aliphatic carbocycles. The number of likely N-dealkylation sites (tertiary alicyclic amines) is 1. The Bertz CT molecular complexity index is 1070. The van der Waals surface area contributed by atoms with E-state index in [0.717, 1.165) is 18.5 Å². The summed E-state index contributed by atoms with van der Waals surface area (Å²) in [5, 5.41) is 33.2. The van der Waals surface area contributed by atoms with Crippen molar-refractivity contribution in [2.24, 2.45) is 11.7 Å². The molecule has 1 amide bonds. The number of piperidine rings is 1. The lowest BCUT2D eigenvalue weighted by atomic mass is 9.89. The van der Waals surface area contributed by atoms with Crippen LogP contribution in [-0.2, 0) is 17.5 Å².